The Morgan fingerprint density at radius 1 is 1.07 bits per heavy atom. The van der Waals surface area contributed by atoms with Crippen molar-refractivity contribution in [1.29, 1.82) is 0 Å². The van der Waals surface area contributed by atoms with Crippen molar-refractivity contribution in [2.75, 3.05) is 26.2 Å². The van der Waals surface area contributed by atoms with Crippen LogP contribution in [0.3, 0.4) is 0 Å². The van der Waals surface area contributed by atoms with Gasteiger partial charge in [0.05, 0.1) is 11.8 Å². The molecule has 1 aromatic heterocycles. The van der Waals surface area contributed by atoms with Crippen molar-refractivity contribution >= 4 is 11.6 Å². The second-order valence-corrected chi connectivity index (χ2v) is 7.95. The number of hydrogen-bond acceptors (Lipinski definition) is 4. The second-order valence-electron chi connectivity index (χ2n) is 7.51. The molecule has 5 heteroatoms. The van der Waals surface area contributed by atoms with Gasteiger partial charge in [0.1, 0.15) is 12.4 Å². The quantitative estimate of drug-likeness (QED) is 0.635. The standard InChI is InChI=1S/C24H25ClN2O2/c1-17-14-19(5-9-24(17)29-13-12-27-11-10-22(28)16-27)23-8-4-20(15-26-23)18-2-6-21(25)7-3-18/h2-9,14-15,22,28H,10-13,16H2,1H3/t22-/m1/s1. The van der Waals surface area contributed by atoms with Crippen molar-refractivity contribution in [3.8, 4) is 28.1 Å². The maximum atomic E-state index is 9.60. The number of β-amino-alcohol motifs (C(OH)–C–C–N with tert-alkyl or cyclic N) is 1. The Morgan fingerprint density at radius 2 is 1.83 bits per heavy atom. The normalized spacial score (nSPS) is 16.9. The summed E-state index contributed by atoms with van der Waals surface area (Å²) in [5.74, 6) is 0.895. The number of pyridine rings is 1. The van der Waals surface area contributed by atoms with Gasteiger partial charge in [-0.3, -0.25) is 9.88 Å². The van der Waals surface area contributed by atoms with E-state index in [0.29, 0.717) is 6.61 Å². The van der Waals surface area contributed by atoms with E-state index >= 15 is 0 Å². The summed E-state index contributed by atoms with van der Waals surface area (Å²) in [6, 6.07) is 18.1. The molecule has 4 rings (SSSR count). The number of aryl methyl sites for hydroxylation is 1. The van der Waals surface area contributed by atoms with Crippen molar-refractivity contribution in [2.24, 2.45) is 0 Å². The molecule has 2 heterocycles. The number of aliphatic hydroxyl groups excluding tert-OH is 1. The molecule has 3 aromatic rings. The summed E-state index contributed by atoms with van der Waals surface area (Å²) in [6.07, 6.45) is 2.56. The summed E-state index contributed by atoms with van der Waals surface area (Å²) in [4.78, 5) is 6.87. The first-order chi connectivity index (χ1) is 14.1. The first-order valence-corrected chi connectivity index (χ1v) is 10.3. The maximum Gasteiger partial charge on any atom is 0.122 e. The maximum absolute atomic E-state index is 9.60. The van der Waals surface area contributed by atoms with Crippen LogP contribution in [-0.2, 0) is 0 Å². The van der Waals surface area contributed by atoms with E-state index in [1.54, 1.807) is 0 Å². The van der Waals surface area contributed by atoms with Crippen LogP contribution in [0.4, 0.5) is 0 Å². The number of ether oxygens (including phenoxy) is 1. The smallest absolute Gasteiger partial charge is 0.122 e. The minimum Gasteiger partial charge on any atom is -0.492 e. The van der Waals surface area contributed by atoms with Crippen LogP contribution in [0.1, 0.15) is 12.0 Å². The van der Waals surface area contributed by atoms with Crippen LogP contribution in [0.15, 0.2) is 60.8 Å². The molecule has 0 spiro atoms. The zero-order valence-electron chi connectivity index (χ0n) is 16.5. The molecule has 29 heavy (non-hydrogen) atoms. The lowest BCUT2D eigenvalue weighted by molar-refractivity contribution is 0.167. The van der Waals surface area contributed by atoms with E-state index in [-0.39, 0.29) is 6.10 Å². The molecule has 4 nitrogen and oxygen atoms in total. The first-order valence-electron chi connectivity index (χ1n) is 9.95. The molecule has 0 radical (unpaired) electrons. The van der Waals surface area contributed by atoms with Crippen LogP contribution in [0, 0.1) is 6.92 Å². The third-order valence-electron chi connectivity index (χ3n) is 5.32. The lowest BCUT2D eigenvalue weighted by Crippen LogP contribution is -2.27. The van der Waals surface area contributed by atoms with Gasteiger partial charge in [0.15, 0.2) is 0 Å². The summed E-state index contributed by atoms with van der Waals surface area (Å²) in [7, 11) is 0. The largest absolute Gasteiger partial charge is 0.492 e. The number of aromatic nitrogens is 1. The highest BCUT2D eigenvalue weighted by Gasteiger charge is 2.19. The van der Waals surface area contributed by atoms with Crippen molar-refractivity contribution in [3.63, 3.8) is 0 Å². The summed E-state index contributed by atoms with van der Waals surface area (Å²) in [5, 5.41) is 10.3. The topological polar surface area (TPSA) is 45.6 Å². The van der Waals surface area contributed by atoms with E-state index < -0.39 is 0 Å². The molecule has 0 saturated carbocycles. The van der Waals surface area contributed by atoms with Crippen LogP contribution in [-0.4, -0.2) is 47.3 Å². The average molecular weight is 409 g/mol. The highest BCUT2D eigenvalue weighted by molar-refractivity contribution is 6.30. The number of rotatable bonds is 6. The second kappa shape index (κ2) is 8.95. The highest BCUT2D eigenvalue weighted by Crippen LogP contribution is 2.27. The Bertz CT molecular complexity index is 958. The lowest BCUT2D eigenvalue weighted by Gasteiger charge is -2.16. The molecule has 1 fully saturated rings. The van der Waals surface area contributed by atoms with Crippen molar-refractivity contribution < 1.29 is 9.84 Å². The molecule has 0 unspecified atom stereocenters. The Labute approximate surface area is 176 Å². The van der Waals surface area contributed by atoms with Gasteiger partial charge in [0, 0.05) is 42.0 Å². The van der Waals surface area contributed by atoms with Crippen molar-refractivity contribution in [3.05, 3.63) is 71.4 Å². The molecule has 2 aromatic carbocycles. The van der Waals surface area contributed by atoms with Gasteiger partial charge >= 0.3 is 0 Å². The molecule has 1 N–H and O–H groups in total. The fourth-order valence-electron chi connectivity index (χ4n) is 3.65. The zero-order valence-corrected chi connectivity index (χ0v) is 17.3. The summed E-state index contributed by atoms with van der Waals surface area (Å²) >= 11 is 5.96. The van der Waals surface area contributed by atoms with Gasteiger partial charge in [-0.05, 0) is 60.9 Å². The van der Waals surface area contributed by atoms with Gasteiger partial charge in [0.2, 0.25) is 0 Å². The van der Waals surface area contributed by atoms with Gasteiger partial charge < -0.3 is 9.84 Å². The molecule has 0 aliphatic carbocycles. The third-order valence-corrected chi connectivity index (χ3v) is 5.58. The van der Waals surface area contributed by atoms with Crippen molar-refractivity contribution in [2.45, 2.75) is 19.4 Å². The van der Waals surface area contributed by atoms with Crippen LogP contribution >= 0.6 is 11.6 Å². The minimum absolute atomic E-state index is 0.186. The van der Waals surface area contributed by atoms with E-state index in [1.165, 1.54) is 0 Å². The van der Waals surface area contributed by atoms with E-state index in [4.69, 9.17) is 16.3 Å². The number of benzene rings is 2. The molecule has 0 amide bonds. The van der Waals surface area contributed by atoms with Gasteiger partial charge in [-0.15, -0.1) is 0 Å². The monoisotopic (exact) mass is 408 g/mol. The number of nitrogens with zero attached hydrogens (tertiary/aromatic N) is 2. The molecule has 0 bridgehead atoms. The Balaban J connectivity index is 1.40. The van der Waals surface area contributed by atoms with Crippen molar-refractivity contribution in [1.82, 2.24) is 9.88 Å². The molecular formula is C24H25ClN2O2. The number of aliphatic hydroxyl groups is 1. The predicted octanol–water partition coefficient (Wildman–Crippen LogP) is 4.82. The number of likely N-dealkylation sites (tertiary alicyclic amines) is 1. The van der Waals surface area contributed by atoms with Gasteiger partial charge in [-0.2, -0.15) is 0 Å². The van der Waals surface area contributed by atoms with Crippen LogP contribution in [0.25, 0.3) is 22.4 Å². The zero-order chi connectivity index (χ0) is 20.2. The Hall–Kier alpha value is -2.40. The summed E-state index contributed by atoms with van der Waals surface area (Å²) < 4.78 is 5.96. The van der Waals surface area contributed by atoms with E-state index in [9.17, 15) is 5.11 Å². The molecule has 1 saturated heterocycles. The van der Waals surface area contributed by atoms with Crippen LogP contribution in [0.5, 0.6) is 5.75 Å². The molecular weight excluding hydrogens is 384 g/mol. The first kappa shape index (κ1) is 19.9. The fourth-order valence-corrected chi connectivity index (χ4v) is 3.77. The molecule has 1 aliphatic rings. The molecule has 150 valence electrons. The average Bonchev–Trinajstić information content (AvgIpc) is 3.15. The Kier molecular flexibility index (Phi) is 6.14. The van der Waals surface area contributed by atoms with Gasteiger partial charge in [-0.25, -0.2) is 0 Å². The van der Waals surface area contributed by atoms with Gasteiger partial charge in [0.25, 0.3) is 0 Å². The summed E-state index contributed by atoms with van der Waals surface area (Å²) in [5.41, 5.74) is 5.25. The minimum atomic E-state index is -0.186. The van der Waals surface area contributed by atoms with E-state index in [0.717, 1.165) is 64.8 Å². The lowest BCUT2D eigenvalue weighted by atomic mass is 10.0. The number of halogens is 1. The summed E-state index contributed by atoms with van der Waals surface area (Å²) in [6.45, 7) is 5.21. The highest BCUT2D eigenvalue weighted by atomic mass is 35.5. The van der Waals surface area contributed by atoms with Crippen LogP contribution in [0.2, 0.25) is 5.02 Å². The van der Waals surface area contributed by atoms with E-state index in [1.807, 2.05) is 48.7 Å². The Morgan fingerprint density at radius 3 is 2.48 bits per heavy atom. The van der Waals surface area contributed by atoms with Crippen LogP contribution < -0.4 is 4.74 Å². The SMILES string of the molecule is Cc1cc(-c2ccc(-c3ccc(Cl)cc3)cn2)ccc1OCCN1CC[C@@H](O)C1. The van der Waals surface area contributed by atoms with Gasteiger partial charge in [-0.1, -0.05) is 29.8 Å². The van der Waals surface area contributed by atoms with E-state index in [2.05, 4.69) is 28.9 Å². The molecule has 1 aliphatic heterocycles. The molecule has 1 atom stereocenters. The third kappa shape index (κ3) is 4.96. The number of hydrogen-bond donors (Lipinski definition) is 1. The fraction of sp³-hybridized carbons (Fsp3) is 0.292. The predicted molar refractivity (Wildman–Crippen MR) is 117 cm³/mol.